The van der Waals surface area contributed by atoms with Gasteiger partial charge in [-0.3, -0.25) is 0 Å². The van der Waals surface area contributed by atoms with Crippen LogP contribution in [0.5, 0.6) is 0 Å². The van der Waals surface area contributed by atoms with Gasteiger partial charge < -0.3 is 0 Å². The lowest BCUT2D eigenvalue weighted by atomic mass is 9.75. The Morgan fingerprint density at radius 1 is 1.22 bits per heavy atom. The highest BCUT2D eigenvalue weighted by Crippen LogP contribution is 2.48. The first-order valence-electron chi connectivity index (χ1n) is 3.25. The van der Waals surface area contributed by atoms with Crippen molar-refractivity contribution < 1.29 is 0 Å². The van der Waals surface area contributed by atoms with E-state index in [0.717, 1.165) is 6.42 Å². The van der Waals surface area contributed by atoms with E-state index < -0.39 is 0 Å². The van der Waals surface area contributed by atoms with Gasteiger partial charge in [-0.1, -0.05) is 12.2 Å². The Kier molecular flexibility index (Phi) is 1.28. The van der Waals surface area contributed by atoms with Crippen molar-refractivity contribution >= 4 is 23.2 Å². The maximum Gasteiger partial charge on any atom is 0.0568 e. The second-order valence-corrected chi connectivity index (χ2v) is 3.80. The summed E-state index contributed by atoms with van der Waals surface area (Å²) < 4.78 is 0. The van der Waals surface area contributed by atoms with E-state index >= 15 is 0 Å². The molecule has 0 bridgehead atoms. The molecule has 1 saturated carbocycles. The molecule has 0 heterocycles. The Bertz CT molecular complexity index is 153. The molecule has 0 aromatic rings. The number of fused-ring (bicyclic) bond motifs is 1. The topological polar surface area (TPSA) is 0 Å². The van der Waals surface area contributed by atoms with Gasteiger partial charge in [0.25, 0.3) is 0 Å². The van der Waals surface area contributed by atoms with E-state index in [1.54, 1.807) is 0 Å². The van der Waals surface area contributed by atoms with Gasteiger partial charge in [0.15, 0.2) is 0 Å². The van der Waals surface area contributed by atoms with Crippen LogP contribution in [-0.4, -0.2) is 10.8 Å². The number of hydrogen-bond acceptors (Lipinski definition) is 0. The smallest absolute Gasteiger partial charge is 0.0568 e. The summed E-state index contributed by atoms with van der Waals surface area (Å²) in [5, 5.41) is 0.432. The van der Waals surface area contributed by atoms with E-state index in [1.807, 2.05) is 0 Å². The van der Waals surface area contributed by atoms with Gasteiger partial charge in [0, 0.05) is 0 Å². The van der Waals surface area contributed by atoms with Crippen LogP contribution in [0.3, 0.4) is 0 Å². The van der Waals surface area contributed by atoms with Crippen LogP contribution in [0, 0.1) is 11.8 Å². The second kappa shape index (κ2) is 1.90. The molecule has 2 aliphatic carbocycles. The van der Waals surface area contributed by atoms with Crippen LogP contribution in [0.2, 0.25) is 0 Å². The summed E-state index contributed by atoms with van der Waals surface area (Å²) in [7, 11) is 0. The quantitative estimate of drug-likeness (QED) is 0.380. The van der Waals surface area contributed by atoms with Crippen LogP contribution in [0.25, 0.3) is 0 Å². The van der Waals surface area contributed by atoms with E-state index in [-0.39, 0.29) is 10.8 Å². The first kappa shape index (κ1) is 6.06. The van der Waals surface area contributed by atoms with Gasteiger partial charge in [-0.2, -0.15) is 0 Å². The van der Waals surface area contributed by atoms with Crippen molar-refractivity contribution in [3.05, 3.63) is 12.2 Å². The molecular formula is C7H8Cl2. The molecule has 0 spiro atoms. The van der Waals surface area contributed by atoms with Crippen molar-refractivity contribution in [2.75, 3.05) is 0 Å². The van der Waals surface area contributed by atoms with Gasteiger partial charge >= 0.3 is 0 Å². The number of allylic oxidation sites excluding steroid dienone is 2. The zero-order chi connectivity index (χ0) is 6.43. The predicted molar refractivity (Wildman–Crippen MR) is 40.0 cm³/mol. The molecule has 2 rings (SSSR count). The van der Waals surface area contributed by atoms with E-state index in [1.165, 1.54) is 0 Å². The van der Waals surface area contributed by atoms with Gasteiger partial charge in [-0.05, 0) is 18.3 Å². The molecule has 0 N–H and O–H groups in total. The fraction of sp³-hybridized carbons (Fsp3) is 0.714. The third-order valence-electron chi connectivity index (χ3n) is 2.34. The molecular weight excluding hydrogens is 155 g/mol. The largest absolute Gasteiger partial charge is 0.121 e. The average molecular weight is 163 g/mol. The van der Waals surface area contributed by atoms with Crippen LogP contribution < -0.4 is 0 Å². The third kappa shape index (κ3) is 0.667. The molecule has 1 unspecified atom stereocenters. The number of hydrogen-bond donors (Lipinski definition) is 0. The van der Waals surface area contributed by atoms with Crippen molar-refractivity contribution in [3.63, 3.8) is 0 Å². The fourth-order valence-electron chi connectivity index (χ4n) is 1.68. The van der Waals surface area contributed by atoms with Gasteiger partial charge in [0.05, 0.1) is 10.8 Å². The zero-order valence-electron chi connectivity index (χ0n) is 4.93. The molecule has 50 valence electrons. The van der Waals surface area contributed by atoms with Gasteiger partial charge in [-0.25, -0.2) is 0 Å². The summed E-state index contributed by atoms with van der Waals surface area (Å²) >= 11 is 11.8. The van der Waals surface area contributed by atoms with Crippen LogP contribution in [-0.2, 0) is 0 Å². The van der Waals surface area contributed by atoms with Crippen molar-refractivity contribution in [3.8, 4) is 0 Å². The SMILES string of the molecule is Cl[C@@H]1[C@H](Cl)C2CC=C[C@@H]21. The van der Waals surface area contributed by atoms with Gasteiger partial charge in [-0.15, -0.1) is 23.2 Å². The minimum atomic E-state index is 0.204. The lowest BCUT2D eigenvalue weighted by Crippen LogP contribution is -2.46. The molecule has 0 aliphatic heterocycles. The maximum atomic E-state index is 5.93. The van der Waals surface area contributed by atoms with Gasteiger partial charge in [0.2, 0.25) is 0 Å². The lowest BCUT2D eigenvalue weighted by Gasteiger charge is -2.41. The predicted octanol–water partition coefficient (Wildman–Crippen LogP) is 2.41. The van der Waals surface area contributed by atoms with Crippen LogP contribution in [0.4, 0.5) is 0 Å². The Labute approximate surface area is 64.8 Å². The summed E-state index contributed by atoms with van der Waals surface area (Å²) in [6, 6.07) is 0. The minimum absolute atomic E-state index is 0.204. The van der Waals surface area contributed by atoms with E-state index in [9.17, 15) is 0 Å². The molecule has 9 heavy (non-hydrogen) atoms. The zero-order valence-corrected chi connectivity index (χ0v) is 6.44. The molecule has 0 amide bonds. The van der Waals surface area contributed by atoms with E-state index in [2.05, 4.69) is 12.2 Å². The average Bonchev–Trinajstić information content (AvgIpc) is 2.30. The second-order valence-electron chi connectivity index (χ2n) is 2.79. The number of rotatable bonds is 0. The van der Waals surface area contributed by atoms with Gasteiger partial charge in [0.1, 0.15) is 0 Å². The monoisotopic (exact) mass is 162 g/mol. The van der Waals surface area contributed by atoms with E-state index in [4.69, 9.17) is 23.2 Å². The molecule has 0 aromatic carbocycles. The number of halogens is 2. The summed E-state index contributed by atoms with van der Waals surface area (Å²) in [4.78, 5) is 0. The molecule has 1 fully saturated rings. The van der Waals surface area contributed by atoms with Crippen LogP contribution in [0.15, 0.2) is 12.2 Å². The first-order valence-corrected chi connectivity index (χ1v) is 4.13. The standard InChI is InChI=1S/C7H8Cl2/c8-6-4-2-1-3-5(4)7(6)9/h1-2,4-7H,3H2/t4-,5?,6-,7+/m0/s1. The highest BCUT2D eigenvalue weighted by atomic mass is 35.5. The van der Waals surface area contributed by atoms with Crippen LogP contribution >= 0.6 is 23.2 Å². The van der Waals surface area contributed by atoms with Crippen molar-refractivity contribution in [2.45, 2.75) is 17.2 Å². The molecule has 0 nitrogen and oxygen atoms in total. The van der Waals surface area contributed by atoms with Crippen molar-refractivity contribution in [2.24, 2.45) is 11.8 Å². The summed E-state index contributed by atoms with van der Waals surface area (Å²) in [5.74, 6) is 1.25. The Hall–Kier alpha value is 0.320. The summed E-state index contributed by atoms with van der Waals surface area (Å²) in [6.07, 6.45) is 5.52. The number of alkyl halides is 2. The normalized spacial score (nSPS) is 54.9. The Morgan fingerprint density at radius 2 is 2.00 bits per heavy atom. The molecule has 0 saturated heterocycles. The minimum Gasteiger partial charge on any atom is -0.121 e. The van der Waals surface area contributed by atoms with Crippen molar-refractivity contribution in [1.29, 1.82) is 0 Å². The fourth-order valence-corrected chi connectivity index (χ4v) is 2.58. The summed E-state index contributed by atoms with van der Waals surface area (Å²) in [5.41, 5.74) is 0. The lowest BCUT2D eigenvalue weighted by molar-refractivity contribution is 0.266. The molecule has 0 aromatic heterocycles. The molecule has 2 aliphatic rings. The van der Waals surface area contributed by atoms with Crippen LogP contribution in [0.1, 0.15) is 6.42 Å². The Morgan fingerprint density at radius 3 is 2.67 bits per heavy atom. The maximum absolute atomic E-state index is 5.93. The molecule has 0 radical (unpaired) electrons. The highest BCUT2D eigenvalue weighted by molar-refractivity contribution is 6.31. The van der Waals surface area contributed by atoms with E-state index in [0.29, 0.717) is 11.8 Å². The Balaban J connectivity index is 2.12. The highest BCUT2D eigenvalue weighted by Gasteiger charge is 2.48. The molecule has 2 heteroatoms. The molecule has 4 atom stereocenters. The summed E-state index contributed by atoms with van der Waals surface area (Å²) in [6.45, 7) is 0. The first-order chi connectivity index (χ1) is 4.30. The third-order valence-corrected chi connectivity index (χ3v) is 3.63. The van der Waals surface area contributed by atoms with Crippen molar-refractivity contribution in [1.82, 2.24) is 0 Å².